The number of ketones is 1. The Morgan fingerprint density at radius 3 is 2.85 bits per heavy atom. The molecule has 0 amide bonds. The lowest BCUT2D eigenvalue weighted by molar-refractivity contribution is -0.385. The minimum absolute atomic E-state index is 0.130. The fraction of sp³-hybridized carbons (Fsp3) is 0.130. The predicted molar refractivity (Wildman–Crippen MR) is 122 cm³/mol. The predicted octanol–water partition coefficient (Wildman–Crippen LogP) is 4.91. The zero-order valence-electron chi connectivity index (χ0n) is 17.6. The molecule has 0 spiro atoms. The second kappa shape index (κ2) is 8.06. The molecule has 1 aliphatic rings. The number of imidazole rings is 1. The molecule has 3 heterocycles. The third kappa shape index (κ3) is 3.70. The van der Waals surface area contributed by atoms with E-state index in [0.29, 0.717) is 34.0 Å². The number of carbonyl (C=O) groups excluding carboxylic acids is 1. The number of aromatic nitrogens is 2. The Morgan fingerprint density at radius 2 is 2.06 bits per heavy atom. The summed E-state index contributed by atoms with van der Waals surface area (Å²) in [5, 5.41) is 11.5. The molecule has 166 valence electrons. The van der Waals surface area contributed by atoms with Crippen molar-refractivity contribution in [2.45, 2.75) is 6.92 Å². The first-order chi connectivity index (χ1) is 15.9. The molecule has 0 saturated heterocycles. The smallest absolute Gasteiger partial charge is 0.311 e. The van der Waals surface area contributed by atoms with Gasteiger partial charge in [-0.2, -0.15) is 0 Å². The first kappa shape index (κ1) is 20.7. The Morgan fingerprint density at radius 1 is 1.24 bits per heavy atom. The van der Waals surface area contributed by atoms with Gasteiger partial charge in [0.25, 0.3) is 0 Å². The Hall–Kier alpha value is -4.18. The minimum Gasteiger partial charge on any atom is -0.490 e. The Bertz CT molecular complexity index is 1450. The topological polar surface area (TPSA) is 105 Å². The molecule has 1 aliphatic heterocycles. The number of nitro benzene ring substituents is 1. The largest absolute Gasteiger partial charge is 0.490 e. The van der Waals surface area contributed by atoms with Crippen LogP contribution >= 0.6 is 11.3 Å². The summed E-state index contributed by atoms with van der Waals surface area (Å²) in [6.45, 7) is 2.09. The summed E-state index contributed by atoms with van der Waals surface area (Å²) >= 11 is 1.49. The summed E-state index contributed by atoms with van der Waals surface area (Å²) in [4.78, 5) is 30.3. The van der Waals surface area contributed by atoms with E-state index in [0.717, 1.165) is 9.84 Å². The number of rotatable bonds is 6. The van der Waals surface area contributed by atoms with Crippen molar-refractivity contribution in [3.8, 4) is 28.5 Å². The molecule has 33 heavy (non-hydrogen) atoms. The van der Waals surface area contributed by atoms with E-state index in [1.165, 1.54) is 36.7 Å². The highest BCUT2D eigenvalue weighted by Crippen LogP contribution is 2.36. The average Bonchev–Trinajstić information content (AvgIpc) is 3.50. The minimum atomic E-state index is -0.496. The standard InChI is InChI=1S/C23H17N3O6S/c1-13-11-25-16(5-6-18(27)14-3-8-20-21(10-14)32-12-31-20)22(24-23(25)33-13)15-4-7-19(30-2)17(9-15)26(28)29/h3-11H,12H2,1-2H3. The van der Waals surface area contributed by atoms with Crippen LogP contribution in [0.2, 0.25) is 0 Å². The van der Waals surface area contributed by atoms with Crippen LogP contribution in [-0.4, -0.2) is 34.0 Å². The molecule has 0 radical (unpaired) electrons. The van der Waals surface area contributed by atoms with Gasteiger partial charge >= 0.3 is 5.69 Å². The number of hydrogen-bond acceptors (Lipinski definition) is 8. The zero-order chi connectivity index (χ0) is 23.1. The number of allylic oxidation sites excluding steroid dienone is 1. The molecular weight excluding hydrogens is 446 g/mol. The van der Waals surface area contributed by atoms with Gasteiger partial charge in [0, 0.05) is 28.3 Å². The van der Waals surface area contributed by atoms with Crippen LogP contribution in [0.4, 0.5) is 5.69 Å². The first-order valence-electron chi connectivity index (χ1n) is 9.88. The fourth-order valence-corrected chi connectivity index (χ4v) is 4.46. The number of ether oxygens (including phenoxy) is 3. The molecule has 5 rings (SSSR count). The van der Waals surface area contributed by atoms with Crippen LogP contribution < -0.4 is 14.2 Å². The van der Waals surface area contributed by atoms with Crippen LogP contribution in [0.25, 0.3) is 22.3 Å². The molecule has 0 bridgehead atoms. The van der Waals surface area contributed by atoms with Crippen LogP contribution in [0.15, 0.2) is 48.7 Å². The number of nitrogens with zero attached hydrogens (tertiary/aromatic N) is 3. The third-order valence-electron chi connectivity index (χ3n) is 5.18. The van der Waals surface area contributed by atoms with Gasteiger partial charge in [-0.15, -0.1) is 11.3 Å². The van der Waals surface area contributed by atoms with E-state index < -0.39 is 4.92 Å². The molecule has 10 heteroatoms. The summed E-state index contributed by atoms with van der Waals surface area (Å²) in [5.41, 5.74) is 2.02. The van der Waals surface area contributed by atoms with Gasteiger partial charge in [0.05, 0.1) is 23.4 Å². The van der Waals surface area contributed by atoms with E-state index in [2.05, 4.69) is 4.98 Å². The molecule has 0 fully saturated rings. The normalized spacial score (nSPS) is 12.5. The molecule has 0 saturated carbocycles. The van der Waals surface area contributed by atoms with Crippen LogP contribution in [0, 0.1) is 17.0 Å². The van der Waals surface area contributed by atoms with Gasteiger partial charge in [0.1, 0.15) is 0 Å². The van der Waals surface area contributed by atoms with Crippen LogP contribution in [0.1, 0.15) is 20.9 Å². The van der Waals surface area contributed by atoms with Gasteiger partial charge in [0.2, 0.25) is 6.79 Å². The van der Waals surface area contributed by atoms with E-state index in [9.17, 15) is 14.9 Å². The second-order valence-corrected chi connectivity index (χ2v) is 8.46. The highest BCUT2D eigenvalue weighted by molar-refractivity contribution is 7.17. The number of carbonyl (C=O) groups is 1. The van der Waals surface area contributed by atoms with Gasteiger partial charge in [-0.25, -0.2) is 4.98 Å². The Kier molecular flexibility index (Phi) is 5.06. The first-order valence-corrected chi connectivity index (χ1v) is 10.7. The Balaban J connectivity index is 1.57. The van der Waals surface area contributed by atoms with Crippen molar-refractivity contribution < 1.29 is 23.9 Å². The second-order valence-electron chi connectivity index (χ2n) is 7.25. The summed E-state index contributed by atoms with van der Waals surface area (Å²) in [7, 11) is 1.38. The SMILES string of the molecule is COc1ccc(-c2nc3sc(C)cn3c2C=CC(=O)c2ccc3c(c2)OCO3)cc1[N+](=O)[O-]. The number of methoxy groups -OCH3 is 1. The van der Waals surface area contributed by atoms with Crippen molar-refractivity contribution in [1.82, 2.24) is 9.38 Å². The quantitative estimate of drug-likeness (QED) is 0.173. The van der Waals surface area contributed by atoms with E-state index in [1.807, 2.05) is 17.5 Å². The van der Waals surface area contributed by atoms with Crippen molar-refractivity contribution in [1.29, 1.82) is 0 Å². The number of aryl methyl sites for hydroxylation is 1. The molecule has 0 atom stereocenters. The van der Waals surface area contributed by atoms with Gasteiger partial charge in [-0.05, 0) is 49.4 Å². The molecule has 0 N–H and O–H groups in total. The number of hydrogen-bond donors (Lipinski definition) is 0. The molecule has 9 nitrogen and oxygen atoms in total. The van der Waals surface area contributed by atoms with Crippen LogP contribution in [0.5, 0.6) is 17.2 Å². The lowest BCUT2D eigenvalue weighted by atomic mass is 10.1. The lowest BCUT2D eigenvalue weighted by Gasteiger charge is -2.05. The summed E-state index contributed by atoms with van der Waals surface area (Å²) < 4.78 is 17.6. The Labute approximate surface area is 191 Å². The third-order valence-corrected chi connectivity index (χ3v) is 6.08. The van der Waals surface area contributed by atoms with Crippen LogP contribution in [0.3, 0.4) is 0 Å². The molecular formula is C23H17N3O6S. The van der Waals surface area contributed by atoms with E-state index in [-0.39, 0.29) is 24.0 Å². The van der Waals surface area contributed by atoms with Crippen molar-refractivity contribution in [3.05, 3.63) is 74.9 Å². The van der Waals surface area contributed by atoms with E-state index in [1.54, 1.807) is 30.3 Å². The van der Waals surface area contributed by atoms with E-state index >= 15 is 0 Å². The highest BCUT2D eigenvalue weighted by Gasteiger charge is 2.21. The van der Waals surface area contributed by atoms with Crippen LogP contribution in [-0.2, 0) is 0 Å². The number of benzene rings is 2. The average molecular weight is 463 g/mol. The molecule has 4 aromatic rings. The van der Waals surface area contributed by atoms with Gasteiger partial charge in [0.15, 0.2) is 28.0 Å². The summed E-state index contributed by atoms with van der Waals surface area (Å²) in [6.07, 6.45) is 5.04. The van der Waals surface area contributed by atoms with Crippen molar-refractivity contribution >= 4 is 33.8 Å². The molecule has 2 aromatic carbocycles. The van der Waals surface area contributed by atoms with Gasteiger partial charge < -0.3 is 14.2 Å². The van der Waals surface area contributed by atoms with Gasteiger partial charge in [-0.3, -0.25) is 19.3 Å². The zero-order valence-corrected chi connectivity index (χ0v) is 18.4. The molecule has 0 aliphatic carbocycles. The van der Waals surface area contributed by atoms with Crippen molar-refractivity contribution in [2.24, 2.45) is 0 Å². The fourth-order valence-electron chi connectivity index (χ4n) is 3.63. The maximum absolute atomic E-state index is 12.8. The maximum atomic E-state index is 12.8. The lowest BCUT2D eigenvalue weighted by Crippen LogP contribution is -1.96. The maximum Gasteiger partial charge on any atom is 0.311 e. The number of nitro groups is 1. The van der Waals surface area contributed by atoms with Gasteiger partial charge in [-0.1, -0.05) is 0 Å². The molecule has 2 aromatic heterocycles. The number of fused-ring (bicyclic) bond motifs is 2. The van der Waals surface area contributed by atoms with E-state index in [4.69, 9.17) is 14.2 Å². The highest BCUT2D eigenvalue weighted by atomic mass is 32.1. The molecule has 0 unspecified atom stereocenters. The monoisotopic (exact) mass is 463 g/mol. The van der Waals surface area contributed by atoms with Crippen molar-refractivity contribution in [2.75, 3.05) is 13.9 Å². The summed E-state index contributed by atoms with van der Waals surface area (Å²) in [6, 6.07) is 9.69. The summed E-state index contributed by atoms with van der Waals surface area (Å²) in [5.74, 6) is 1.07. The van der Waals surface area contributed by atoms with Crippen molar-refractivity contribution in [3.63, 3.8) is 0 Å². The number of thiazole rings is 1.